The van der Waals surface area contributed by atoms with Gasteiger partial charge in [0.15, 0.2) is 0 Å². The quantitative estimate of drug-likeness (QED) is 0.827. The van der Waals surface area contributed by atoms with Crippen LogP contribution in [0.25, 0.3) is 0 Å². The minimum Gasteiger partial charge on any atom is -0.497 e. The third kappa shape index (κ3) is 1.86. The number of hydrogen-bond acceptors (Lipinski definition) is 4. The van der Waals surface area contributed by atoms with Gasteiger partial charge in [-0.3, -0.25) is 4.99 Å². The minimum absolute atomic E-state index is 0.104. The van der Waals surface area contributed by atoms with Crippen molar-refractivity contribution in [1.82, 2.24) is 5.32 Å². The molecule has 0 amide bonds. The van der Waals surface area contributed by atoms with E-state index >= 15 is 0 Å². The predicted molar refractivity (Wildman–Crippen MR) is 70.1 cm³/mol. The molecule has 0 saturated heterocycles. The fraction of sp³-hybridized carbons (Fsp3) is 0.500. The highest BCUT2D eigenvalue weighted by atomic mass is 16.5. The maximum Gasteiger partial charge on any atom is 0.119 e. The summed E-state index contributed by atoms with van der Waals surface area (Å²) in [5, 5.41) is 13.8. The van der Waals surface area contributed by atoms with E-state index in [9.17, 15) is 5.11 Å². The summed E-state index contributed by atoms with van der Waals surface area (Å²) in [4.78, 5) is 4.44. The average molecular weight is 246 g/mol. The van der Waals surface area contributed by atoms with Gasteiger partial charge in [-0.25, -0.2) is 0 Å². The molecule has 1 aromatic rings. The molecule has 0 radical (unpaired) electrons. The first-order valence-electron chi connectivity index (χ1n) is 6.42. The summed E-state index contributed by atoms with van der Waals surface area (Å²) in [5.74, 6) is 1.87. The zero-order valence-corrected chi connectivity index (χ0v) is 10.5. The number of nitrogens with one attached hydrogen (secondary N) is 1. The van der Waals surface area contributed by atoms with E-state index in [-0.39, 0.29) is 5.92 Å². The fourth-order valence-electron chi connectivity index (χ4n) is 2.84. The van der Waals surface area contributed by atoms with Crippen LogP contribution in [0.5, 0.6) is 5.75 Å². The molecule has 1 aliphatic carbocycles. The van der Waals surface area contributed by atoms with E-state index < -0.39 is 6.10 Å². The van der Waals surface area contributed by atoms with Crippen LogP contribution in [0.3, 0.4) is 0 Å². The number of aliphatic hydroxyl groups excluding tert-OH is 1. The second kappa shape index (κ2) is 4.61. The molecule has 0 aromatic heterocycles. The number of aryl methyl sites for hydroxylation is 1. The highest BCUT2D eigenvalue weighted by Crippen LogP contribution is 2.37. The maximum absolute atomic E-state index is 10.5. The lowest BCUT2D eigenvalue weighted by Crippen LogP contribution is -2.34. The Morgan fingerprint density at radius 3 is 3.06 bits per heavy atom. The number of rotatable bonds is 2. The summed E-state index contributed by atoms with van der Waals surface area (Å²) in [6.07, 6.45) is 1.46. The minimum atomic E-state index is -0.479. The summed E-state index contributed by atoms with van der Waals surface area (Å²) in [6, 6.07) is 5.95. The Kier molecular flexibility index (Phi) is 2.96. The van der Waals surface area contributed by atoms with E-state index in [1.165, 1.54) is 5.56 Å². The molecule has 18 heavy (non-hydrogen) atoms. The van der Waals surface area contributed by atoms with E-state index in [4.69, 9.17) is 4.74 Å². The lowest BCUT2D eigenvalue weighted by molar-refractivity contribution is 0.125. The molecule has 2 atom stereocenters. The summed E-state index contributed by atoms with van der Waals surface area (Å²) >= 11 is 0. The van der Waals surface area contributed by atoms with Gasteiger partial charge in [-0.2, -0.15) is 0 Å². The Balaban J connectivity index is 1.92. The molecule has 1 aromatic carbocycles. The van der Waals surface area contributed by atoms with Crippen molar-refractivity contribution < 1.29 is 9.84 Å². The monoisotopic (exact) mass is 246 g/mol. The molecule has 96 valence electrons. The number of aliphatic hydroxyl groups is 1. The molecule has 4 heteroatoms. The number of nitrogens with zero attached hydrogens (tertiary/aromatic N) is 1. The molecule has 0 spiro atoms. The van der Waals surface area contributed by atoms with E-state index in [1.54, 1.807) is 7.11 Å². The van der Waals surface area contributed by atoms with Gasteiger partial charge in [-0.1, -0.05) is 6.07 Å². The first kappa shape index (κ1) is 11.5. The normalized spacial score (nSPS) is 26.2. The maximum atomic E-state index is 10.5. The summed E-state index contributed by atoms with van der Waals surface area (Å²) in [7, 11) is 1.65. The first-order valence-corrected chi connectivity index (χ1v) is 6.42. The molecule has 2 aliphatic rings. The first-order chi connectivity index (χ1) is 8.79. The van der Waals surface area contributed by atoms with Crippen LogP contribution in [-0.4, -0.2) is 31.1 Å². The predicted octanol–water partition coefficient (Wildman–Crippen LogP) is 1.29. The Bertz CT molecular complexity index is 485. The van der Waals surface area contributed by atoms with Crippen LogP contribution < -0.4 is 10.1 Å². The third-order valence-corrected chi connectivity index (χ3v) is 3.83. The molecule has 2 unspecified atom stereocenters. The molecule has 4 nitrogen and oxygen atoms in total. The van der Waals surface area contributed by atoms with Gasteiger partial charge in [-0.05, 0) is 36.1 Å². The van der Waals surface area contributed by atoms with Gasteiger partial charge >= 0.3 is 0 Å². The van der Waals surface area contributed by atoms with Gasteiger partial charge < -0.3 is 15.2 Å². The smallest absolute Gasteiger partial charge is 0.119 e. The van der Waals surface area contributed by atoms with Crippen molar-refractivity contribution in [2.75, 3.05) is 20.2 Å². The molecule has 0 saturated carbocycles. The molecule has 0 fully saturated rings. The van der Waals surface area contributed by atoms with Crippen LogP contribution in [0, 0.1) is 5.92 Å². The lowest BCUT2D eigenvalue weighted by atomic mass is 9.80. The molecule has 1 heterocycles. The van der Waals surface area contributed by atoms with Crippen molar-refractivity contribution in [2.24, 2.45) is 10.9 Å². The largest absolute Gasteiger partial charge is 0.497 e. The zero-order valence-electron chi connectivity index (χ0n) is 10.5. The molecule has 3 rings (SSSR count). The standard InChI is InChI=1S/C14H18N2O2/c1-18-10-4-2-9-3-5-11(13(17)12(9)8-10)14-15-6-7-16-14/h2,4,8,11,13,17H,3,5-7H2,1H3,(H,15,16). The van der Waals surface area contributed by atoms with E-state index in [0.717, 1.165) is 43.1 Å². The van der Waals surface area contributed by atoms with Crippen molar-refractivity contribution in [2.45, 2.75) is 18.9 Å². The molecule has 0 bridgehead atoms. The van der Waals surface area contributed by atoms with Gasteiger partial charge in [0.1, 0.15) is 11.6 Å². The topological polar surface area (TPSA) is 53.9 Å². The van der Waals surface area contributed by atoms with Crippen molar-refractivity contribution in [3.63, 3.8) is 0 Å². The number of benzene rings is 1. The lowest BCUT2D eigenvalue weighted by Gasteiger charge is -2.30. The zero-order chi connectivity index (χ0) is 12.5. The summed E-state index contributed by atoms with van der Waals surface area (Å²) in [6.45, 7) is 1.72. The Morgan fingerprint density at radius 2 is 2.33 bits per heavy atom. The number of amidine groups is 1. The van der Waals surface area contributed by atoms with Crippen molar-refractivity contribution >= 4 is 5.84 Å². The van der Waals surface area contributed by atoms with Crippen LogP contribution in [0.1, 0.15) is 23.7 Å². The Morgan fingerprint density at radius 1 is 1.44 bits per heavy atom. The van der Waals surface area contributed by atoms with Gasteiger partial charge in [0, 0.05) is 12.5 Å². The summed E-state index contributed by atoms with van der Waals surface area (Å²) in [5.41, 5.74) is 2.21. The van der Waals surface area contributed by atoms with Crippen LogP contribution >= 0.6 is 0 Å². The SMILES string of the molecule is COc1ccc2c(c1)C(O)C(C1=NCCN1)CC2. The number of fused-ring (bicyclic) bond motifs is 1. The van der Waals surface area contributed by atoms with Gasteiger partial charge in [-0.15, -0.1) is 0 Å². The van der Waals surface area contributed by atoms with Crippen molar-refractivity contribution in [3.05, 3.63) is 29.3 Å². The van der Waals surface area contributed by atoms with Gasteiger partial charge in [0.2, 0.25) is 0 Å². The Hall–Kier alpha value is -1.55. The molecule has 2 N–H and O–H groups in total. The number of hydrogen-bond donors (Lipinski definition) is 2. The Labute approximate surface area is 107 Å². The van der Waals surface area contributed by atoms with Crippen LogP contribution in [0.4, 0.5) is 0 Å². The van der Waals surface area contributed by atoms with E-state index in [0.29, 0.717) is 0 Å². The molecule has 1 aliphatic heterocycles. The van der Waals surface area contributed by atoms with Gasteiger partial charge in [0.25, 0.3) is 0 Å². The van der Waals surface area contributed by atoms with Crippen LogP contribution in [0.15, 0.2) is 23.2 Å². The molecular formula is C14H18N2O2. The second-order valence-corrected chi connectivity index (χ2v) is 4.85. The average Bonchev–Trinajstić information content (AvgIpc) is 2.93. The van der Waals surface area contributed by atoms with E-state index in [2.05, 4.69) is 16.4 Å². The third-order valence-electron chi connectivity index (χ3n) is 3.83. The van der Waals surface area contributed by atoms with Gasteiger partial charge in [0.05, 0.1) is 19.8 Å². The molecular weight excluding hydrogens is 228 g/mol. The van der Waals surface area contributed by atoms with Crippen LogP contribution in [-0.2, 0) is 6.42 Å². The number of aliphatic imine (C=N–C) groups is 1. The fourth-order valence-corrected chi connectivity index (χ4v) is 2.84. The number of ether oxygens (including phenoxy) is 1. The van der Waals surface area contributed by atoms with Crippen molar-refractivity contribution in [1.29, 1.82) is 0 Å². The van der Waals surface area contributed by atoms with Crippen molar-refractivity contribution in [3.8, 4) is 5.75 Å². The summed E-state index contributed by atoms with van der Waals surface area (Å²) < 4.78 is 5.23. The van der Waals surface area contributed by atoms with E-state index in [1.807, 2.05) is 12.1 Å². The van der Waals surface area contributed by atoms with Crippen LogP contribution in [0.2, 0.25) is 0 Å². The highest BCUT2D eigenvalue weighted by Gasteiger charge is 2.32. The second-order valence-electron chi connectivity index (χ2n) is 4.85. The number of methoxy groups -OCH3 is 1. The highest BCUT2D eigenvalue weighted by molar-refractivity contribution is 5.86.